The normalized spacial score (nSPS) is 24.4. The first-order chi connectivity index (χ1) is 15.0. The second-order valence-corrected chi connectivity index (χ2v) is 8.46. The van der Waals surface area contributed by atoms with Crippen LogP contribution in [0.1, 0.15) is 46.5 Å². The van der Waals surface area contributed by atoms with Gasteiger partial charge in [-0.15, -0.1) is 0 Å². The molecule has 0 aromatic carbocycles. The van der Waals surface area contributed by atoms with Crippen molar-refractivity contribution in [3.63, 3.8) is 0 Å². The maximum absolute atomic E-state index is 13.0. The lowest BCUT2D eigenvalue weighted by molar-refractivity contribution is -0.149. The summed E-state index contributed by atoms with van der Waals surface area (Å²) in [6, 6.07) is -4.90. The highest BCUT2D eigenvalue weighted by atomic mass is 16.4. The number of nitrogens with zero attached hydrogens (tertiary/aromatic N) is 2. The second-order valence-electron chi connectivity index (χ2n) is 8.46. The molecule has 2 aliphatic rings. The van der Waals surface area contributed by atoms with E-state index in [2.05, 4.69) is 10.6 Å². The number of aliphatic hydroxyl groups excluding tert-OH is 1. The van der Waals surface area contributed by atoms with Gasteiger partial charge < -0.3 is 36.4 Å². The van der Waals surface area contributed by atoms with Gasteiger partial charge in [-0.25, -0.2) is 4.79 Å². The van der Waals surface area contributed by atoms with E-state index in [-0.39, 0.29) is 6.54 Å². The summed E-state index contributed by atoms with van der Waals surface area (Å²) in [5.41, 5.74) is 5.52. The lowest BCUT2D eigenvalue weighted by Crippen LogP contribution is -2.59. The van der Waals surface area contributed by atoms with E-state index in [1.807, 2.05) is 0 Å². The topological polar surface area (TPSA) is 182 Å². The summed E-state index contributed by atoms with van der Waals surface area (Å²) in [5.74, 6) is -3.35. The number of nitrogens with one attached hydrogen (secondary N) is 2. The van der Waals surface area contributed by atoms with Crippen molar-refractivity contribution in [1.82, 2.24) is 20.4 Å². The molecule has 2 aliphatic heterocycles. The van der Waals surface area contributed by atoms with Crippen LogP contribution in [0, 0.1) is 0 Å². The molecule has 0 aliphatic carbocycles. The number of carbonyl (C=O) groups is 5. The molecule has 2 fully saturated rings. The molecule has 0 radical (unpaired) electrons. The van der Waals surface area contributed by atoms with Crippen LogP contribution in [0.5, 0.6) is 0 Å². The first-order valence-electron chi connectivity index (χ1n) is 10.8. The van der Waals surface area contributed by atoms with Gasteiger partial charge in [0.2, 0.25) is 23.6 Å². The number of nitrogens with two attached hydrogens (primary N) is 1. The maximum atomic E-state index is 13.0. The van der Waals surface area contributed by atoms with E-state index in [1.165, 1.54) is 30.6 Å². The number of hydrogen-bond acceptors (Lipinski definition) is 7. The molecule has 0 aromatic rings. The van der Waals surface area contributed by atoms with Crippen LogP contribution >= 0.6 is 0 Å². The highest BCUT2D eigenvalue weighted by Gasteiger charge is 2.41. The van der Waals surface area contributed by atoms with Gasteiger partial charge >= 0.3 is 5.97 Å². The molecule has 32 heavy (non-hydrogen) atoms. The Labute approximate surface area is 186 Å². The lowest BCUT2D eigenvalue weighted by atomic mass is 10.1. The van der Waals surface area contributed by atoms with Crippen molar-refractivity contribution in [3.05, 3.63) is 0 Å². The molecule has 2 saturated heterocycles. The minimum absolute atomic E-state index is 0.254. The van der Waals surface area contributed by atoms with Crippen molar-refractivity contribution in [2.75, 3.05) is 13.1 Å². The van der Waals surface area contributed by atoms with Crippen LogP contribution in [0.25, 0.3) is 0 Å². The Morgan fingerprint density at radius 3 is 1.94 bits per heavy atom. The fourth-order valence-corrected chi connectivity index (χ4v) is 4.06. The molecule has 0 unspecified atom stereocenters. The Morgan fingerprint density at radius 2 is 1.44 bits per heavy atom. The zero-order valence-corrected chi connectivity index (χ0v) is 18.6. The minimum Gasteiger partial charge on any atom is -0.480 e. The number of carboxylic acid groups (broad SMARTS) is 1. The van der Waals surface area contributed by atoms with E-state index in [4.69, 9.17) is 5.73 Å². The maximum Gasteiger partial charge on any atom is 0.326 e. The van der Waals surface area contributed by atoms with Crippen LogP contribution in [0.4, 0.5) is 0 Å². The number of hydrogen-bond donors (Lipinski definition) is 5. The van der Waals surface area contributed by atoms with Crippen molar-refractivity contribution < 1.29 is 34.2 Å². The first kappa shape index (κ1) is 25.5. The minimum atomic E-state index is -1.26. The average molecular weight is 456 g/mol. The Bertz CT molecular complexity index is 757. The first-order valence-corrected chi connectivity index (χ1v) is 10.8. The van der Waals surface area contributed by atoms with E-state index >= 15 is 0 Å². The van der Waals surface area contributed by atoms with Crippen molar-refractivity contribution in [3.8, 4) is 0 Å². The molecule has 6 N–H and O–H groups in total. The molecule has 180 valence electrons. The predicted molar refractivity (Wildman–Crippen MR) is 112 cm³/mol. The molecule has 12 heteroatoms. The third-order valence-corrected chi connectivity index (χ3v) is 5.85. The lowest BCUT2D eigenvalue weighted by Gasteiger charge is -2.31. The Kier molecular flexibility index (Phi) is 8.56. The zero-order valence-electron chi connectivity index (χ0n) is 18.6. The summed E-state index contributed by atoms with van der Waals surface area (Å²) < 4.78 is 0. The summed E-state index contributed by atoms with van der Waals surface area (Å²) in [6.07, 6.45) is 0.613. The van der Waals surface area contributed by atoms with Gasteiger partial charge in [0, 0.05) is 13.1 Å². The van der Waals surface area contributed by atoms with Crippen molar-refractivity contribution in [2.45, 2.75) is 82.8 Å². The van der Waals surface area contributed by atoms with Crippen molar-refractivity contribution in [1.29, 1.82) is 0 Å². The Hall–Kier alpha value is -2.73. The van der Waals surface area contributed by atoms with Gasteiger partial charge in [0.05, 0.1) is 12.1 Å². The average Bonchev–Trinajstić information content (AvgIpc) is 3.39. The van der Waals surface area contributed by atoms with Gasteiger partial charge in [0.25, 0.3) is 0 Å². The van der Waals surface area contributed by atoms with E-state index in [1.54, 1.807) is 0 Å². The van der Waals surface area contributed by atoms with Gasteiger partial charge in [-0.05, 0) is 46.5 Å². The number of aliphatic hydroxyl groups is 1. The molecule has 2 rings (SSSR count). The molecular formula is C20H33N5O7. The largest absolute Gasteiger partial charge is 0.480 e. The molecule has 12 nitrogen and oxygen atoms in total. The number of carboxylic acids is 1. The van der Waals surface area contributed by atoms with Crippen LogP contribution in [0.15, 0.2) is 0 Å². The molecule has 2 heterocycles. The van der Waals surface area contributed by atoms with Gasteiger partial charge in [-0.2, -0.15) is 0 Å². The quantitative estimate of drug-likeness (QED) is 0.272. The SMILES string of the molecule is C[C@H](N)C(=O)N[C@H](C(=O)N1CCC[C@H]1C(=O)N[C@@H](C)C(=O)N1CCC[C@H]1C(=O)O)[C@@H](C)O. The number of amides is 4. The summed E-state index contributed by atoms with van der Waals surface area (Å²) in [5, 5.41) is 24.3. The second kappa shape index (κ2) is 10.7. The fraction of sp³-hybridized carbons (Fsp3) is 0.750. The van der Waals surface area contributed by atoms with Crippen LogP contribution in [0.3, 0.4) is 0 Å². The van der Waals surface area contributed by atoms with Gasteiger partial charge in [0.1, 0.15) is 24.2 Å². The number of carbonyl (C=O) groups excluding carboxylic acids is 4. The van der Waals surface area contributed by atoms with Crippen molar-refractivity contribution in [2.24, 2.45) is 5.73 Å². The summed E-state index contributed by atoms with van der Waals surface area (Å²) in [4.78, 5) is 64.3. The molecule has 6 atom stereocenters. The van der Waals surface area contributed by atoms with Crippen LogP contribution in [0.2, 0.25) is 0 Å². The third-order valence-electron chi connectivity index (χ3n) is 5.85. The summed E-state index contributed by atoms with van der Waals surface area (Å²) >= 11 is 0. The van der Waals surface area contributed by atoms with E-state index in [0.29, 0.717) is 32.2 Å². The Morgan fingerprint density at radius 1 is 0.906 bits per heavy atom. The molecule has 0 saturated carbocycles. The molecule has 0 spiro atoms. The smallest absolute Gasteiger partial charge is 0.326 e. The number of rotatable bonds is 8. The fourth-order valence-electron chi connectivity index (χ4n) is 4.06. The summed E-state index contributed by atoms with van der Waals surface area (Å²) in [7, 11) is 0. The predicted octanol–water partition coefficient (Wildman–Crippen LogP) is -2.23. The van der Waals surface area contributed by atoms with Crippen LogP contribution in [-0.4, -0.2) is 99.0 Å². The van der Waals surface area contributed by atoms with Crippen LogP contribution in [-0.2, 0) is 24.0 Å². The highest BCUT2D eigenvalue weighted by molar-refractivity contribution is 5.96. The molecule has 0 aromatic heterocycles. The Balaban J connectivity index is 2.05. The number of likely N-dealkylation sites (tertiary alicyclic amines) is 2. The van der Waals surface area contributed by atoms with E-state index in [0.717, 1.165) is 0 Å². The summed E-state index contributed by atoms with van der Waals surface area (Å²) in [6.45, 7) is 4.83. The van der Waals surface area contributed by atoms with Crippen LogP contribution < -0.4 is 16.4 Å². The number of aliphatic carboxylic acids is 1. The van der Waals surface area contributed by atoms with E-state index < -0.39 is 65.9 Å². The monoisotopic (exact) mass is 455 g/mol. The van der Waals surface area contributed by atoms with Crippen molar-refractivity contribution >= 4 is 29.6 Å². The molecule has 0 bridgehead atoms. The third kappa shape index (κ3) is 5.74. The van der Waals surface area contributed by atoms with Gasteiger partial charge in [-0.1, -0.05) is 0 Å². The van der Waals surface area contributed by atoms with Gasteiger partial charge in [0.15, 0.2) is 0 Å². The molecule has 4 amide bonds. The standard InChI is InChI=1S/C20H33N5O7/c1-10(21)16(27)23-15(12(3)26)19(30)24-8-4-6-13(24)17(28)22-11(2)18(29)25-9-5-7-14(25)20(31)32/h10-15,26H,4-9,21H2,1-3H3,(H,22,28)(H,23,27)(H,31,32)/t10-,11-,12+,13-,14-,15-/m0/s1. The highest BCUT2D eigenvalue weighted by Crippen LogP contribution is 2.21. The van der Waals surface area contributed by atoms with Gasteiger partial charge in [-0.3, -0.25) is 19.2 Å². The van der Waals surface area contributed by atoms with E-state index in [9.17, 15) is 34.2 Å². The zero-order chi connectivity index (χ0) is 24.2. The molecular weight excluding hydrogens is 422 g/mol.